The summed E-state index contributed by atoms with van der Waals surface area (Å²) in [6.07, 6.45) is 1.64. The van der Waals surface area contributed by atoms with Gasteiger partial charge in [0.25, 0.3) is 0 Å². The highest BCUT2D eigenvalue weighted by Crippen LogP contribution is 2.14. The lowest BCUT2D eigenvalue weighted by Gasteiger charge is -1.97. The van der Waals surface area contributed by atoms with E-state index in [4.69, 9.17) is 5.11 Å². The van der Waals surface area contributed by atoms with Gasteiger partial charge in [0.1, 0.15) is 0 Å². The van der Waals surface area contributed by atoms with Crippen molar-refractivity contribution < 1.29 is 5.11 Å². The molecule has 0 amide bonds. The second-order valence-electron chi connectivity index (χ2n) is 1.59. The Balaban J connectivity index is 2.85. The molecule has 1 aromatic heterocycles. The summed E-state index contributed by atoms with van der Waals surface area (Å²) in [5.41, 5.74) is 0.637. The zero-order valence-electron chi connectivity index (χ0n) is 4.66. The molecule has 1 atom stereocenters. The molecular formula is C6H6BrNO. The minimum absolute atomic E-state index is 0.637. The van der Waals surface area contributed by atoms with Crippen LogP contribution >= 0.6 is 15.9 Å². The molecule has 3 heteroatoms. The van der Waals surface area contributed by atoms with Crippen molar-refractivity contribution in [2.45, 2.75) is 5.01 Å². The molecule has 0 aliphatic carbocycles. The summed E-state index contributed by atoms with van der Waals surface area (Å²) in [6, 6.07) is 5.38. The van der Waals surface area contributed by atoms with Crippen LogP contribution in [0.25, 0.3) is 0 Å². The van der Waals surface area contributed by atoms with Crippen molar-refractivity contribution in [1.29, 1.82) is 0 Å². The highest BCUT2D eigenvalue weighted by Gasteiger charge is 1.99. The Bertz CT molecular complexity index is 176. The Kier molecular flexibility index (Phi) is 2.19. The molecule has 0 aromatic carbocycles. The fourth-order valence-corrected chi connectivity index (χ4v) is 0.788. The monoisotopic (exact) mass is 187 g/mol. The van der Waals surface area contributed by atoms with Crippen LogP contribution in [0, 0.1) is 0 Å². The molecule has 1 N–H and O–H groups in total. The summed E-state index contributed by atoms with van der Waals surface area (Å²) in [7, 11) is 0. The molecule has 1 rings (SSSR count). The van der Waals surface area contributed by atoms with Crippen LogP contribution in [0.3, 0.4) is 0 Å². The number of rotatable bonds is 1. The largest absolute Gasteiger partial charge is 0.376 e. The topological polar surface area (TPSA) is 33.1 Å². The minimum Gasteiger partial charge on any atom is -0.376 e. The molecule has 0 saturated carbocycles. The maximum absolute atomic E-state index is 8.88. The fourth-order valence-electron chi connectivity index (χ4n) is 0.517. The van der Waals surface area contributed by atoms with E-state index in [1.54, 1.807) is 18.3 Å². The molecule has 0 saturated heterocycles. The molecule has 1 aromatic rings. The van der Waals surface area contributed by atoms with Crippen LogP contribution in [0.4, 0.5) is 0 Å². The average Bonchev–Trinajstić information content (AvgIpc) is 1.90. The zero-order valence-corrected chi connectivity index (χ0v) is 6.25. The Morgan fingerprint density at radius 1 is 1.56 bits per heavy atom. The SMILES string of the molecule is OC(Br)c1ccccn1. The quantitative estimate of drug-likeness (QED) is 0.677. The fraction of sp³-hybridized carbons (Fsp3) is 0.167. The van der Waals surface area contributed by atoms with E-state index in [1.165, 1.54) is 0 Å². The van der Waals surface area contributed by atoms with E-state index in [1.807, 2.05) is 6.07 Å². The number of aliphatic hydroxyl groups excluding tert-OH is 1. The first kappa shape index (κ1) is 6.71. The van der Waals surface area contributed by atoms with E-state index in [9.17, 15) is 0 Å². The van der Waals surface area contributed by atoms with Crippen molar-refractivity contribution in [3.63, 3.8) is 0 Å². The van der Waals surface area contributed by atoms with Gasteiger partial charge in [-0.15, -0.1) is 0 Å². The van der Waals surface area contributed by atoms with Crippen molar-refractivity contribution in [2.24, 2.45) is 0 Å². The third-order valence-corrected chi connectivity index (χ3v) is 1.40. The first-order chi connectivity index (χ1) is 4.30. The average molecular weight is 188 g/mol. The van der Waals surface area contributed by atoms with Gasteiger partial charge in [-0.25, -0.2) is 0 Å². The molecule has 0 spiro atoms. The van der Waals surface area contributed by atoms with Gasteiger partial charge in [0.15, 0.2) is 5.01 Å². The summed E-state index contributed by atoms with van der Waals surface area (Å²) in [6.45, 7) is 0. The normalized spacial score (nSPS) is 13.1. The Morgan fingerprint density at radius 3 is 2.67 bits per heavy atom. The van der Waals surface area contributed by atoms with Gasteiger partial charge in [-0.1, -0.05) is 22.0 Å². The van der Waals surface area contributed by atoms with E-state index in [-0.39, 0.29) is 0 Å². The number of halogens is 1. The number of aromatic nitrogens is 1. The van der Waals surface area contributed by atoms with Crippen molar-refractivity contribution in [3.8, 4) is 0 Å². The molecule has 1 unspecified atom stereocenters. The molecule has 2 nitrogen and oxygen atoms in total. The summed E-state index contributed by atoms with van der Waals surface area (Å²) >= 11 is 2.98. The van der Waals surface area contributed by atoms with Gasteiger partial charge in [0.2, 0.25) is 0 Å². The highest BCUT2D eigenvalue weighted by atomic mass is 79.9. The smallest absolute Gasteiger partial charge is 0.151 e. The van der Waals surface area contributed by atoms with E-state index in [2.05, 4.69) is 20.9 Å². The van der Waals surface area contributed by atoms with Gasteiger partial charge in [-0.2, -0.15) is 0 Å². The Labute approximate surface area is 61.7 Å². The summed E-state index contributed by atoms with van der Waals surface area (Å²) in [5.74, 6) is 0. The summed E-state index contributed by atoms with van der Waals surface area (Å²) in [4.78, 5) is 3.88. The first-order valence-electron chi connectivity index (χ1n) is 2.54. The minimum atomic E-state index is -0.640. The van der Waals surface area contributed by atoms with Crippen molar-refractivity contribution in [1.82, 2.24) is 4.98 Å². The van der Waals surface area contributed by atoms with Crippen LogP contribution in [0.1, 0.15) is 10.7 Å². The van der Waals surface area contributed by atoms with Crippen LogP contribution < -0.4 is 0 Å². The molecule has 0 aliphatic rings. The molecule has 0 radical (unpaired) electrons. The van der Waals surface area contributed by atoms with Crippen LogP contribution in [0.2, 0.25) is 0 Å². The molecule has 1 heterocycles. The summed E-state index contributed by atoms with van der Waals surface area (Å²) in [5, 5.41) is 8.24. The van der Waals surface area contributed by atoms with Gasteiger partial charge >= 0.3 is 0 Å². The van der Waals surface area contributed by atoms with Gasteiger partial charge in [0.05, 0.1) is 5.69 Å². The third-order valence-electron chi connectivity index (χ3n) is 0.932. The predicted octanol–water partition coefficient (Wildman–Crippen LogP) is 1.47. The molecule has 0 bridgehead atoms. The van der Waals surface area contributed by atoms with Gasteiger partial charge in [-0.05, 0) is 12.1 Å². The van der Waals surface area contributed by atoms with E-state index < -0.39 is 5.01 Å². The van der Waals surface area contributed by atoms with E-state index >= 15 is 0 Å². The Hall–Kier alpha value is -0.410. The zero-order chi connectivity index (χ0) is 6.69. The lowest BCUT2D eigenvalue weighted by Crippen LogP contribution is -1.89. The van der Waals surface area contributed by atoms with Gasteiger partial charge in [-0.3, -0.25) is 4.98 Å². The predicted molar refractivity (Wildman–Crippen MR) is 38.1 cm³/mol. The molecule has 0 aliphatic heterocycles. The molecule has 48 valence electrons. The van der Waals surface area contributed by atoms with Crippen molar-refractivity contribution in [2.75, 3.05) is 0 Å². The first-order valence-corrected chi connectivity index (χ1v) is 3.45. The number of hydrogen-bond donors (Lipinski definition) is 1. The number of pyridine rings is 1. The third kappa shape index (κ3) is 1.77. The van der Waals surface area contributed by atoms with Crippen LogP contribution in [0.15, 0.2) is 24.4 Å². The van der Waals surface area contributed by atoms with Crippen LogP contribution in [-0.4, -0.2) is 10.1 Å². The van der Waals surface area contributed by atoms with Gasteiger partial charge in [0, 0.05) is 6.20 Å². The molecular weight excluding hydrogens is 182 g/mol. The highest BCUT2D eigenvalue weighted by molar-refractivity contribution is 9.09. The summed E-state index contributed by atoms with van der Waals surface area (Å²) < 4.78 is 0. The van der Waals surface area contributed by atoms with Gasteiger partial charge < -0.3 is 5.11 Å². The number of hydrogen-bond acceptors (Lipinski definition) is 2. The van der Waals surface area contributed by atoms with E-state index in [0.717, 1.165) is 0 Å². The second-order valence-corrected chi connectivity index (χ2v) is 2.46. The van der Waals surface area contributed by atoms with Crippen molar-refractivity contribution in [3.05, 3.63) is 30.1 Å². The lowest BCUT2D eigenvalue weighted by molar-refractivity contribution is 0.272. The number of aliphatic hydroxyl groups is 1. The number of nitrogens with zero attached hydrogens (tertiary/aromatic N) is 1. The van der Waals surface area contributed by atoms with Crippen molar-refractivity contribution >= 4 is 15.9 Å². The number of alkyl halides is 1. The molecule has 0 fully saturated rings. The van der Waals surface area contributed by atoms with Crippen LogP contribution in [-0.2, 0) is 0 Å². The maximum atomic E-state index is 8.88. The van der Waals surface area contributed by atoms with E-state index in [0.29, 0.717) is 5.69 Å². The van der Waals surface area contributed by atoms with Crippen LogP contribution in [0.5, 0.6) is 0 Å². The molecule has 9 heavy (non-hydrogen) atoms. The lowest BCUT2D eigenvalue weighted by atomic mass is 10.4. The maximum Gasteiger partial charge on any atom is 0.151 e. The standard InChI is InChI=1S/C6H6BrNO/c7-6(9)5-3-1-2-4-8-5/h1-4,6,9H. The Morgan fingerprint density at radius 2 is 2.33 bits per heavy atom. The second kappa shape index (κ2) is 2.94.